The summed E-state index contributed by atoms with van der Waals surface area (Å²) in [6, 6.07) is 1.57. The molecule has 0 aromatic carbocycles. The molecule has 1 aliphatic carbocycles. The predicted octanol–water partition coefficient (Wildman–Crippen LogP) is 1.66. The minimum absolute atomic E-state index is 0.166. The summed E-state index contributed by atoms with van der Waals surface area (Å²) in [5.74, 6) is 0. The Kier molecular flexibility index (Phi) is 3.22. The molecule has 1 fully saturated rings. The smallest absolute Gasteiger partial charge is 0.324 e. The number of thiophene rings is 1. The first-order valence-electron chi connectivity index (χ1n) is 5.24. The molecule has 88 valence electrons. The van der Waals surface area contributed by atoms with Crippen LogP contribution in [0.1, 0.15) is 24.8 Å². The van der Waals surface area contributed by atoms with Gasteiger partial charge in [0.05, 0.1) is 10.5 Å². The van der Waals surface area contributed by atoms with Crippen molar-refractivity contribution in [3.8, 4) is 0 Å². The normalized spacial score (nSPS) is 18.1. The van der Waals surface area contributed by atoms with Gasteiger partial charge in [-0.25, -0.2) is 0 Å². The maximum Gasteiger partial charge on any atom is 0.324 e. The van der Waals surface area contributed by atoms with Gasteiger partial charge in [-0.3, -0.25) is 10.1 Å². The summed E-state index contributed by atoms with van der Waals surface area (Å²) in [5, 5.41) is 25.3. The van der Waals surface area contributed by atoms with Gasteiger partial charge in [-0.15, -0.1) is 0 Å². The Hall–Kier alpha value is -0.980. The fourth-order valence-corrected chi connectivity index (χ4v) is 2.48. The van der Waals surface area contributed by atoms with E-state index in [0.29, 0.717) is 13.1 Å². The van der Waals surface area contributed by atoms with Gasteiger partial charge < -0.3 is 10.4 Å². The highest BCUT2D eigenvalue weighted by Crippen LogP contribution is 2.30. The van der Waals surface area contributed by atoms with Crippen LogP contribution in [0.4, 0.5) is 5.00 Å². The zero-order chi connectivity index (χ0) is 11.6. The zero-order valence-corrected chi connectivity index (χ0v) is 9.63. The van der Waals surface area contributed by atoms with E-state index in [9.17, 15) is 15.2 Å². The van der Waals surface area contributed by atoms with Crippen LogP contribution in [0.3, 0.4) is 0 Å². The molecule has 0 radical (unpaired) electrons. The average Bonchev–Trinajstić information content (AvgIpc) is 2.64. The topological polar surface area (TPSA) is 75.4 Å². The molecule has 1 saturated carbocycles. The summed E-state index contributed by atoms with van der Waals surface area (Å²) < 4.78 is 0. The van der Waals surface area contributed by atoms with Gasteiger partial charge >= 0.3 is 5.00 Å². The first-order valence-corrected chi connectivity index (χ1v) is 6.12. The van der Waals surface area contributed by atoms with E-state index in [2.05, 4.69) is 5.32 Å². The van der Waals surface area contributed by atoms with E-state index in [1.54, 1.807) is 11.4 Å². The Bertz CT molecular complexity index is 387. The quantitative estimate of drug-likeness (QED) is 0.608. The second-order valence-electron chi connectivity index (χ2n) is 4.23. The molecule has 0 aliphatic heterocycles. The second-order valence-corrected chi connectivity index (χ2v) is 5.12. The number of nitrogens with one attached hydrogen (secondary N) is 1. The molecule has 1 aromatic rings. The molecular weight excluding hydrogens is 228 g/mol. The van der Waals surface area contributed by atoms with Gasteiger partial charge in [0.25, 0.3) is 0 Å². The van der Waals surface area contributed by atoms with Crippen LogP contribution in [0.25, 0.3) is 0 Å². The lowest BCUT2D eigenvalue weighted by molar-refractivity contribution is -0.380. The SMILES string of the molecule is O=[N+]([O-])c1cc(CNCC2(O)CCC2)cs1. The number of nitro groups is 1. The molecule has 6 heteroatoms. The molecule has 16 heavy (non-hydrogen) atoms. The van der Waals surface area contributed by atoms with E-state index in [4.69, 9.17) is 0 Å². The molecule has 2 N–H and O–H groups in total. The first-order chi connectivity index (χ1) is 7.59. The lowest BCUT2D eigenvalue weighted by atomic mass is 9.80. The molecule has 2 rings (SSSR count). The molecule has 1 aliphatic rings. The summed E-state index contributed by atoms with van der Waals surface area (Å²) in [7, 11) is 0. The van der Waals surface area contributed by atoms with Crippen LogP contribution in [0.15, 0.2) is 11.4 Å². The summed E-state index contributed by atoms with van der Waals surface area (Å²) in [6.07, 6.45) is 2.79. The van der Waals surface area contributed by atoms with Crippen LogP contribution in [0.2, 0.25) is 0 Å². The third-order valence-electron chi connectivity index (χ3n) is 2.89. The van der Waals surface area contributed by atoms with Crippen LogP contribution >= 0.6 is 11.3 Å². The van der Waals surface area contributed by atoms with E-state index in [1.807, 2.05) is 0 Å². The summed E-state index contributed by atoms with van der Waals surface area (Å²) in [6.45, 7) is 1.14. The highest BCUT2D eigenvalue weighted by atomic mass is 32.1. The van der Waals surface area contributed by atoms with Crippen LogP contribution in [0.5, 0.6) is 0 Å². The van der Waals surface area contributed by atoms with Crippen molar-refractivity contribution in [2.75, 3.05) is 6.54 Å². The Balaban J connectivity index is 1.78. The lowest BCUT2D eigenvalue weighted by Gasteiger charge is -2.36. The molecule has 1 aromatic heterocycles. The maximum atomic E-state index is 10.5. The van der Waals surface area contributed by atoms with E-state index < -0.39 is 5.60 Å². The highest BCUT2D eigenvalue weighted by Gasteiger charge is 2.33. The van der Waals surface area contributed by atoms with Gasteiger partial charge in [0.1, 0.15) is 0 Å². The van der Waals surface area contributed by atoms with E-state index >= 15 is 0 Å². The Morgan fingerprint density at radius 2 is 2.38 bits per heavy atom. The van der Waals surface area contributed by atoms with Crippen LogP contribution in [0, 0.1) is 10.1 Å². The monoisotopic (exact) mass is 242 g/mol. The lowest BCUT2D eigenvalue weighted by Crippen LogP contribution is -2.45. The highest BCUT2D eigenvalue weighted by molar-refractivity contribution is 7.13. The van der Waals surface area contributed by atoms with Gasteiger partial charge in [0, 0.05) is 24.5 Å². The molecule has 0 amide bonds. The van der Waals surface area contributed by atoms with Crippen LogP contribution in [-0.4, -0.2) is 22.2 Å². The Labute approximate surface area is 97.3 Å². The summed E-state index contributed by atoms with van der Waals surface area (Å²) in [5.41, 5.74) is 0.363. The average molecular weight is 242 g/mol. The molecule has 0 bridgehead atoms. The van der Waals surface area contributed by atoms with E-state index in [1.165, 1.54) is 0 Å². The Morgan fingerprint density at radius 3 is 2.88 bits per heavy atom. The van der Waals surface area contributed by atoms with Crippen molar-refractivity contribution in [1.29, 1.82) is 0 Å². The van der Waals surface area contributed by atoms with Gasteiger partial charge in [-0.1, -0.05) is 11.3 Å². The molecule has 5 nitrogen and oxygen atoms in total. The van der Waals surface area contributed by atoms with E-state index in [-0.39, 0.29) is 9.92 Å². The van der Waals surface area contributed by atoms with Crippen molar-refractivity contribution in [2.45, 2.75) is 31.4 Å². The van der Waals surface area contributed by atoms with Crippen molar-refractivity contribution < 1.29 is 10.0 Å². The van der Waals surface area contributed by atoms with Crippen molar-refractivity contribution in [3.05, 3.63) is 27.1 Å². The summed E-state index contributed by atoms with van der Waals surface area (Å²) >= 11 is 1.13. The Morgan fingerprint density at radius 1 is 1.62 bits per heavy atom. The third-order valence-corrected chi connectivity index (χ3v) is 3.82. The molecule has 1 heterocycles. The van der Waals surface area contributed by atoms with Crippen LogP contribution < -0.4 is 5.32 Å². The molecule has 0 unspecified atom stereocenters. The zero-order valence-electron chi connectivity index (χ0n) is 8.81. The van der Waals surface area contributed by atoms with Gasteiger partial charge in [-0.05, 0) is 24.8 Å². The number of hydrogen-bond donors (Lipinski definition) is 2. The fourth-order valence-electron chi connectivity index (χ4n) is 1.75. The van der Waals surface area contributed by atoms with Crippen molar-refractivity contribution in [3.63, 3.8) is 0 Å². The number of hydrogen-bond acceptors (Lipinski definition) is 5. The fraction of sp³-hybridized carbons (Fsp3) is 0.600. The predicted molar refractivity (Wildman–Crippen MR) is 61.5 cm³/mol. The standard InChI is InChI=1S/C10H14N2O3S/c13-10(2-1-3-10)7-11-5-8-4-9(12(14)15)16-6-8/h4,6,11,13H,1-3,5,7H2. The van der Waals surface area contributed by atoms with E-state index in [0.717, 1.165) is 36.2 Å². The molecule has 0 saturated heterocycles. The first kappa shape index (κ1) is 11.5. The number of aliphatic hydroxyl groups is 1. The van der Waals surface area contributed by atoms with Gasteiger partial charge in [0.2, 0.25) is 0 Å². The third kappa shape index (κ3) is 2.58. The molecule has 0 atom stereocenters. The molecule has 0 spiro atoms. The van der Waals surface area contributed by atoms with Crippen LogP contribution in [-0.2, 0) is 6.54 Å². The van der Waals surface area contributed by atoms with Gasteiger partial charge in [0.15, 0.2) is 0 Å². The molecular formula is C10H14N2O3S. The maximum absolute atomic E-state index is 10.5. The largest absolute Gasteiger partial charge is 0.389 e. The minimum atomic E-state index is -0.540. The summed E-state index contributed by atoms with van der Waals surface area (Å²) in [4.78, 5) is 10.1. The van der Waals surface area contributed by atoms with Gasteiger partial charge in [-0.2, -0.15) is 0 Å². The number of rotatable bonds is 5. The van der Waals surface area contributed by atoms with Crippen molar-refractivity contribution >= 4 is 16.3 Å². The van der Waals surface area contributed by atoms with Crippen molar-refractivity contribution in [1.82, 2.24) is 5.32 Å². The second kappa shape index (κ2) is 4.48. The van der Waals surface area contributed by atoms with Crippen molar-refractivity contribution in [2.24, 2.45) is 0 Å². The number of nitrogens with zero attached hydrogens (tertiary/aromatic N) is 1. The minimum Gasteiger partial charge on any atom is -0.389 e.